The zero-order valence-electron chi connectivity index (χ0n) is 18.6. The van der Waals surface area contributed by atoms with Crippen LogP contribution in [0.5, 0.6) is 0 Å². The second kappa shape index (κ2) is 8.67. The lowest BCUT2D eigenvalue weighted by Crippen LogP contribution is -2.56. The summed E-state index contributed by atoms with van der Waals surface area (Å²) in [5, 5.41) is 23.4. The molecule has 6 heteroatoms. The number of hydrogen-bond donors (Lipinski definition) is 3. The predicted molar refractivity (Wildman–Crippen MR) is 114 cm³/mol. The van der Waals surface area contributed by atoms with E-state index in [1.165, 1.54) is 11.6 Å². The number of hydrogen-bond acceptors (Lipinski definition) is 5. The number of allylic oxidation sites excluding steroid dienone is 2. The summed E-state index contributed by atoms with van der Waals surface area (Å²) in [5.41, 5.74) is 0.858. The van der Waals surface area contributed by atoms with Crippen LogP contribution in [0.1, 0.15) is 53.9 Å². The van der Waals surface area contributed by atoms with E-state index in [-0.39, 0.29) is 29.7 Å². The molecule has 0 unspecified atom stereocenters. The largest absolute Gasteiger partial charge is 0.444 e. The summed E-state index contributed by atoms with van der Waals surface area (Å²) >= 11 is 0. The molecule has 0 radical (unpaired) electrons. The fourth-order valence-electron chi connectivity index (χ4n) is 5.27. The number of carbonyl (C=O) groups is 2. The number of aliphatic hydroxyl groups excluding tert-OH is 2. The first-order valence-corrected chi connectivity index (χ1v) is 11.0. The fourth-order valence-corrected chi connectivity index (χ4v) is 5.27. The van der Waals surface area contributed by atoms with Gasteiger partial charge in [0.25, 0.3) is 5.91 Å². The first-order valence-electron chi connectivity index (χ1n) is 11.0. The molecule has 3 rings (SSSR count). The summed E-state index contributed by atoms with van der Waals surface area (Å²) in [5.74, 6) is -1.02. The monoisotopic (exact) mass is 417 g/mol. The molecule has 0 aromatic carbocycles. The first kappa shape index (κ1) is 22.8. The summed E-state index contributed by atoms with van der Waals surface area (Å²) in [7, 11) is 0. The maximum absolute atomic E-state index is 13.4. The zero-order chi connectivity index (χ0) is 22.2. The smallest absolute Gasteiger partial charge is 0.331 e. The number of aliphatic hydroxyl groups is 2. The van der Waals surface area contributed by atoms with Crippen molar-refractivity contribution in [3.8, 4) is 0 Å². The first-order chi connectivity index (χ1) is 14.1. The Kier molecular flexibility index (Phi) is 6.58. The van der Waals surface area contributed by atoms with Crippen LogP contribution in [0, 0.1) is 23.7 Å². The molecule has 3 N–H and O–H groups in total. The molecule has 3 aliphatic rings. The highest BCUT2D eigenvalue weighted by Gasteiger charge is 2.64. The van der Waals surface area contributed by atoms with E-state index >= 15 is 0 Å². The number of esters is 1. The molecular weight excluding hydrogens is 382 g/mol. The molecule has 2 heterocycles. The molecule has 1 spiro atoms. The Morgan fingerprint density at radius 3 is 2.60 bits per heavy atom. The molecule has 1 fully saturated rings. The van der Waals surface area contributed by atoms with Gasteiger partial charge in [0, 0.05) is 24.0 Å². The second-order valence-electron chi connectivity index (χ2n) is 9.64. The lowest BCUT2D eigenvalue weighted by atomic mass is 9.63. The third-order valence-corrected chi connectivity index (χ3v) is 6.91. The van der Waals surface area contributed by atoms with Crippen molar-refractivity contribution >= 4 is 11.9 Å². The Balaban J connectivity index is 2.13. The Bertz CT molecular complexity index is 782. The van der Waals surface area contributed by atoms with E-state index in [1.807, 2.05) is 13.0 Å². The average Bonchev–Trinajstić information content (AvgIpc) is 2.93. The summed E-state index contributed by atoms with van der Waals surface area (Å²) in [6.45, 7) is 10.4. The van der Waals surface area contributed by atoms with E-state index in [1.54, 1.807) is 0 Å². The highest BCUT2D eigenvalue weighted by Crippen LogP contribution is 2.50. The van der Waals surface area contributed by atoms with Crippen LogP contribution < -0.4 is 5.32 Å². The minimum Gasteiger partial charge on any atom is -0.444 e. The molecule has 0 bridgehead atoms. The van der Waals surface area contributed by atoms with E-state index in [0.29, 0.717) is 18.8 Å². The van der Waals surface area contributed by atoms with Crippen LogP contribution in [-0.2, 0) is 14.3 Å². The minimum atomic E-state index is -1.32. The zero-order valence-corrected chi connectivity index (χ0v) is 18.6. The Hall–Kier alpha value is -1.92. The molecule has 1 aliphatic carbocycles. The van der Waals surface area contributed by atoms with Crippen LogP contribution in [-0.4, -0.2) is 45.9 Å². The molecule has 1 saturated heterocycles. The standard InChI is InChI=1S/C24H35NO5/c1-13(2)10-18-22-16(5)15(4)12-17-11-14(3)6-7-19(26)20(27)8-9-21(28)30-24(17,22)23(29)25-18/h8-9,11-13,16-20,22,26-27H,6-7,10H2,1-5H3,(H,25,29)/b9-8+,14-11+/t16-,17+,18-,19+,20-,22-,24-/m1/s1. The third-order valence-electron chi connectivity index (χ3n) is 6.91. The van der Waals surface area contributed by atoms with Gasteiger partial charge < -0.3 is 20.3 Å². The molecule has 30 heavy (non-hydrogen) atoms. The number of ether oxygens (including phenoxy) is 1. The van der Waals surface area contributed by atoms with Crippen LogP contribution in [0.4, 0.5) is 0 Å². The second-order valence-corrected chi connectivity index (χ2v) is 9.64. The van der Waals surface area contributed by atoms with E-state index in [0.717, 1.165) is 18.1 Å². The summed E-state index contributed by atoms with van der Waals surface area (Å²) in [4.78, 5) is 26.2. The Morgan fingerprint density at radius 2 is 1.93 bits per heavy atom. The van der Waals surface area contributed by atoms with Crippen molar-refractivity contribution < 1.29 is 24.5 Å². The van der Waals surface area contributed by atoms with Crippen molar-refractivity contribution in [2.45, 2.75) is 77.7 Å². The molecule has 166 valence electrons. The van der Waals surface area contributed by atoms with Crippen LogP contribution in [0.2, 0.25) is 0 Å². The third kappa shape index (κ3) is 4.12. The minimum absolute atomic E-state index is 0.0785. The Morgan fingerprint density at radius 1 is 1.23 bits per heavy atom. The van der Waals surface area contributed by atoms with Gasteiger partial charge in [-0.15, -0.1) is 0 Å². The molecule has 2 aliphatic heterocycles. The lowest BCUT2D eigenvalue weighted by molar-refractivity contribution is -0.172. The highest BCUT2D eigenvalue weighted by molar-refractivity contribution is 5.94. The van der Waals surface area contributed by atoms with Gasteiger partial charge in [0.1, 0.15) is 0 Å². The van der Waals surface area contributed by atoms with E-state index < -0.39 is 23.8 Å². The number of carbonyl (C=O) groups excluding carboxylic acids is 2. The maximum atomic E-state index is 13.4. The van der Waals surface area contributed by atoms with Gasteiger partial charge in [0.05, 0.1) is 12.2 Å². The van der Waals surface area contributed by atoms with Gasteiger partial charge in [-0.3, -0.25) is 4.79 Å². The van der Waals surface area contributed by atoms with E-state index in [4.69, 9.17) is 4.74 Å². The summed E-state index contributed by atoms with van der Waals surface area (Å²) in [6.07, 6.45) is 6.06. The van der Waals surface area contributed by atoms with Crippen LogP contribution in [0.15, 0.2) is 35.5 Å². The number of nitrogens with one attached hydrogen (secondary N) is 1. The topological polar surface area (TPSA) is 95.9 Å². The van der Waals surface area contributed by atoms with Crippen molar-refractivity contribution in [1.29, 1.82) is 0 Å². The van der Waals surface area contributed by atoms with Crippen LogP contribution in [0.25, 0.3) is 0 Å². The molecule has 0 aromatic heterocycles. The normalized spacial score (nSPS) is 42.5. The van der Waals surface area contributed by atoms with Gasteiger partial charge in [-0.05, 0) is 51.0 Å². The van der Waals surface area contributed by atoms with E-state index in [9.17, 15) is 19.8 Å². The van der Waals surface area contributed by atoms with Crippen molar-refractivity contribution in [1.82, 2.24) is 5.32 Å². The van der Waals surface area contributed by atoms with Crippen LogP contribution >= 0.6 is 0 Å². The summed E-state index contributed by atoms with van der Waals surface area (Å²) < 4.78 is 5.99. The van der Waals surface area contributed by atoms with Gasteiger partial charge in [0.2, 0.25) is 5.60 Å². The van der Waals surface area contributed by atoms with Crippen molar-refractivity contribution in [3.05, 3.63) is 35.5 Å². The van der Waals surface area contributed by atoms with Crippen molar-refractivity contribution in [3.63, 3.8) is 0 Å². The molecule has 0 saturated carbocycles. The molecule has 6 nitrogen and oxygen atoms in total. The van der Waals surface area contributed by atoms with Gasteiger partial charge in [0.15, 0.2) is 0 Å². The quantitative estimate of drug-likeness (QED) is 0.474. The SMILES string of the molecule is CC1=C[C@@H]2/C=C(\C)CC[C@H](O)[C@H](O)/C=C/C(=O)O[C@]23C(=O)N[C@H](CC(C)C)[C@H]3[C@@H]1C. The van der Waals surface area contributed by atoms with Crippen molar-refractivity contribution in [2.75, 3.05) is 0 Å². The maximum Gasteiger partial charge on any atom is 0.331 e. The fraction of sp³-hybridized carbons (Fsp3) is 0.667. The number of rotatable bonds is 2. The molecule has 1 amide bonds. The Labute approximate surface area is 179 Å². The van der Waals surface area contributed by atoms with Crippen molar-refractivity contribution in [2.24, 2.45) is 23.7 Å². The average molecular weight is 418 g/mol. The molecular formula is C24H35NO5. The lowest BCUT2D eigenvalue weighted by Gasteiger charge is -2.45. The van der Waals surface area contributed by atoms with Gasteiger partial charge in [-0.25, -0.2) is 4.79 Å². The van der Waals surface area contributed by atoms with Gasteiger partial charge in [-0.2, -0.15) is 0 Å². The summed E-state index contributed by atoms with van der Waals surface area (Å²) in [6, 6.07) is -0.0792. The highest BCUT2D eigenvalue weighted by atomic mass is 16.6. The van der Waals surface area contributed by atoms with E-state index in [2.05, 4.69) is 39.1 Å². The predicted octanol–water partition coefficient (Wildman–Crippen LogP) is 2.66. The van der Waals surface area contributed by atoms with Gasteiger partial charge in [-0.1, -0.05) is 44.1 Å². The molecule has 7 atom stereocenters. The molecule has 0 aromatic rings. The van der Waals surface area contributed by atoms with Gasteiger partial charge >= 0.3 is 5.97 Å². The van der Waals surface area contributed by atoms with Crippen LogP contribution in [0.3, 0.4) is 0 Å². The number of amides is 1.